The van der Waals surface area contributed by atoms with Crippen molar-refractivity contribution in [1.82, 2.24) is 0 Å². The molecule has 0 aromatic rings. The van der Waals surface area contributed by atoms with Gasteiger partial charge in [-0.25, -0.2) is 0 Å². The molecule has 0 saturated carbocycles. The molecule has 10 heteroatoms. The highest BCUT2D eigenvalue weighted by molar-refractivity contribution is 4.89. The van der Waals surface area contributed by atoms with Gasteiger partial charge in [0.2, 0.25) is 0 Å². The van der Waals surface area contributed by atoms with Gasteiger partial charge < -0.3 is 47.7 Å². The first kappa shape index (κ1) is 26.2. The summed E-state index contributed by atoms with van der Waals surface area (Å²) in [7, 11) is 6.50. The fourth-order valence-electron chi connectivity index (χ4n) is 4.77. The topological polar surface area (TPSA) is 103 Å². The van der Waals surface area contributed by atoms with Crippen molar-refractivity contribution in [2.45, 2.75) is 114 Å². The average molecular weight is 465 g/mol. The summed E-state index contributed by atoms with van der Waals surface area (Å²) >= 11 is 0. The highest BCUT2D eigenvalue weighted by atomic mass is 16.7. The van der Waals surface area contributed by atoms with Crippen molar-refractivity contribution >= 4 is 0 Å². The van der Waals surface area contributed by atoms with Crippen molar-refractivity contribution in [2.75, 3.05) is 28.4 Å². The van der Waals surface area contributed by atoms with E-state index in [0.29, 0.717) is 19.3 Å². The molecule has 3 saturated heterocycles. The van der Waals surface area contributed by atoms with Crippen molar-refractivity contribution in [2.24, 2.45) is 0 Å². The van der Waals surface area contributed by atoms with Crippen LogP contribution in [0.25, 0.3) is 0 Å². The molecule has 0 bridgehead atoms. The van der Waals surface area contributed by atoms with Gasteiger partial charge in [-0.05, 0) is 20.8 Å². The SMILES string of the molecule is CO[C@@H]1C[C@@H](OC)[C@H](O[C@H]2C[C@@H](OC)[C@@H](O[C@@H]3C[C@H](OC)[C@H](O)[C@@H](C)O3)[C@@H](C)O2)[C@@H](C)O1. The molecule has 3 fully saturated rings. The molecule has 0 aromatic carbocycles. The Labute approximate surface area is 190 Å². The molecule has 3 rings (SSSR count). The number of hydrogen-bond donors (Lipinski definition) is 1. The predicted octanol–water partition coefficient (Wildman–Crippen LogP) is 1.21. The van der Waals surface area contributed by atoms with Gasteiger partial charge in [-0.2, -0.15) is 0 Å². The second-order valence-corrected chi connectivity index (χ2v) is 8.77. The van der Waals surface area contributed by atoms with Gasteiger partial charge in [0, 0.05) is 47.7 Å². The zero-order valence-corrected chi connectivity index (χ0v) is 20.2. The van der Waals surface area contributed by atoms with Crippen LogP contribution in [0.2, 0.25) is 0 Å². The highest BCUT2D eigenvalue weighted by Crippen LogP contribution is 2.33. The fraction of sp³-hybridized carbons (Fsp3) is 1.00. The minimum Gasteiger partial charge on any atom is -0.388 e. The van der Waals surface area contributed by atoms with Crippen molar-refractivity contribution in [3.8, 4) is 0 Å². The molecule has 3 aliphatic heterocycles. The normalized spacial score (nSPS) is 48.0. The van der Waals surface area contributed by atoms with E-state index in [1.165, 1.54) is 0 Å². The number of ether oxygens (including phenoxy) is 9. The number of hydrogen-bond acceptors (Lipinski definition) is 10. The van der Waals surface area contributed by atoms with Crippen LogP contribution in [0.1, 0.15) is 40.0 Å². The van der Waals surface area contributed by atoms with Crippen LogP contribution in [0, 0.1) is 0 Å². The number of rotatable bonds is 8. The van der Waals surface area contributed by atoms with Gasteiger partial charge >= 0.3 is 0 Å². The molecule has 0 amide bonds. The Morgan fingerprint density at radius 3 is 1.44 bits per heavy atom. The maximum Gasteiger partial charge on any atom is 0.161 e. The van der Waals surface area contributed by atoms with Gasteiger partial charge in [-0.3, -0.25) is 0 Å². The van der Waals surface area contributed by atoms with Crippen molar-refractivity contribution in [3.63, 3.8) is 0 Å². The van der Waals surface area contributed by atoms with Crippen LogP contribution in [0.4, 0.5) is 0 Å². The summed E-state index contributed by atoms with van der Waals surface area (Å²) in [5.74, 6) is 0. The molecule has 0 aliphatic carbocycles. The molecule has 12 atom stereocenters. The number of aliphatic hydroxyl groups is 1. The summed E-state index contributed by atoms with van der Waals surface area (Å²) < 4.78 is 52.6. The van der Waals surface area contributed by atoms with Gasteiger partial charge in [0.05, 0.1) is 36.6 Å². The summed E-state index contributed by atoms with van der Waals surface area (Å²) in [5.41, 5.74) is 0. The van der Waals surface area contributed by atoms with Crippen LogP contribution in [-0.2, 0) is 42.6 Å². The molecule has 0 unspecified atom stereocenters. The predicted molar refractivity (Wildman–Crippen MR) is 112 cm³/mol. The van der Waals surface area contributed by atoms with E-state index in [9.17, 15) is 5.11 Å². The number of aliphatic hydroxyl groups excluding tert-OH is 1. The Hall–Kier alpha value is -0.400. The minimum atomic E-state index is -0.693. The Bertz CT molecular complexity index is 565. The van der Waals surface area contributed by atoms with E-state index in [1.807, 2.05) is 13.8 Å². The van der Waals surface area contributed by atoms with Crippen LogP contribution < -0.4 is 0 Å². The molecular weight excluding hydrogens is 424 g/mol. The van der Waals surface area contributed by atoms with Gasteiger partial charge in [-0.15, -0.1) is 0 Å². The summed E-state index contributed by atoms with van der Waals surface area (Å²) in [6, 6.07) is 0. The third-order valence-corrected chi connectivity index (χ3v) is 6.68. The quantitative estimate of drug-likeness (QED) is 0.564. The Balaban J connectivity index is 1.60. The largest absolute Gasteiger partial charge is 0.388 e. The van der Waals surface area contributed by atoms with Crippen LogP contribution in [0.15, 0.2) is 0 Å². The van der Waals surface area contributed by atoms with E-state index in [4.69, 9.17) is 42.6 Å². The smallest absolute Gasteiger partial charge is 0.161 e. The van der Waals surface area contributed by atoms with Crippen LogP contribution in [0.3, 0.4) is 0 Å². The van der Waals surface area contributed by atoms with Crippen molar-refractivity contribution in [3.05, 3.63) is 0 Å². The van der Waals surface area contributed by atoms with Crippen molar-refractivity contribution < 1.29 is 47.7 Å². The lowest BCUT2D eigenvalue weighted by atomic mass is 9.99. The first-order chi connectivity index (χ1) is 15.3. The first-order valence-corrected chi connectivity index (χ1v) is 11.4. The fourth-order valence-corrected chi connectivity index (χ4v) is 4.77. The minimum absolute atomic E-state index is 0.174. The summed E-state index contributed by atoms with van der Waals surface area (Å²) in [6.45, 7) is 5.67. The molecule has 3 heterocycles. The van der Waals surface area contributed by atoms with Gasteiger partial charge in [0.25, 0.3) is 0 Å². The van der Waals surface area contributed by atoms with Gasteiger partial charge in [0.1, 0.15) is 18.3 Å². The van der Waals surface area contributed by atoms with Crippen LogP contribution in [0.5, 0.6) is 0 Å². The molecule has 0 spiro atoms. The zero-order chi connectivity index (χ0) is 23.4. The summed E-state index contributed by atoms with van der Waals surface area (Å²) in [4.78, 5) is 0. The molecular formula is C22H40O10. The van der Waals surface area contributed by atoms with E-state index in [1.54, 1.807) is 35.4 Å². The molecule has 188 valence electrons. The Kier molecular flexibility index (Phi) is 9.69. The van der Waals surface area contributed by atoms with Crippen molar-refractivity contribution in [1.29, 1.82) is 0 Å². The number of methoxy groups -OCH3 is 4. The van der Waals surface area contributed by atoms with Crippen LogP contribution in [-0.4, -0.2) is 107 Å². The monoisotopic (exact) mass is 464 g/mol. The van der Waals surface area contributed by atoms with Gasteiger partial charge in [0.15, 0.2) is 18.9 Å². The molecule has 10 nitrogen and oxygen atoms in total. The summed E-state index contributed by atoms with van der Waals surface area (Å²) in [6.07, 6.45) is -2.93. The lowest BCUT2D eigenvalue weighted by Gasteiger charge is -2.45. The van der Waals surface area contributed by atoms with E-state index in [2.05, 4.69) is 0 Å². The van der Waals surface area contributed by atoms with E-state index >= 15 is 0 Å². The van der Waals surface area contributed by atoms with Crippen LogP contribution >= 0.6 is 0 Å². The molecule has 3 aliphatic rings. The summed E-state index contributed by atoms with van der Waals surface area (Å²) in [5, 5.41) is 10.2. The first-order valence-electron chi connectivity index (χ1n) is 11.4. The molecule has 0 radical (unpaired) electrons. The zero-order valence-electron chi connectivity index (χ0n) is 20.2. The second-order valence-electron chi connectivity index (χ2n) is 8.77. The third-order valence-electron chi connectivity index (χ3n) is 6.68. The lowest BCUT2D eigenvalue weighted by molar-refractivity contribution is -0.335. The van der Waals surface area contributed by atoms with E-state index in [-0.39, 0.29) is 49.0 Å². The van der Waals surface area contributed by atoms with Gasteiger partial charge in [-0.1, -0.05) is 0 Å². The van der Waals surface area contributed by atoms with E-state index < -0.39 is 24.8 Å². The molecule has 1 N–H and O–H groups in total. The Morgan fingerprint density at radius 1 is 0.562 bits per heavy atom. The maximum atomic E-state index is 10.2. The van der Waals surface area contributed by atoms with E-state index in [0.717, 1.165) is 0 Å². The second kappa shape index (κ2) is 11.8. The Morgan fingerprint density at radius 2 is 0.969 bits per heavy atom. The maximum absolute atomic E-state index is 10.2. The standard InChI is InChI=1S/C22H40O10/c1-11-20(23)14(24-4)8-18(28-11)31-22-13(3)30-19(10-16(22)26-6)32-21-12(2)29-17(27-7)9-15(21)25-5/h11-23H,8-10H2,1-7H3/t11-,12-,13-,14+,15-,16-,17+,18-,19+,20-,21-,22+/m1/s1. The molecule has 32 heavy (non-hydrogen) atoms. The third kappa shape index (κ3) is 5.99. The molecule has 0 aromatic heterocycles. The average Bonchev–Trinajstić information content (AvgIpc) is 2.78. The highest BCUT2D eigenvalue weighted by Gasteiger charge is 2.45. The lowest BCUT2D eigenvalue weighted by Crippen LogP contribution is -2.56.